The third-order valence-corrected chi connectivity index (χ3v) is 3.86. The molecule has 0 amide bonds. The first kappa shape index (κ1) is 15.7. The zero-order chi connectivity index (χ0) is 15.6. The van der Waals surface area contributed by atoms with E-state index in [2.05, 4.69) is 5.32 Å². The van der Waals surface area contributed by atoms with Gasteiger partial charge in [-0.05, 0) is 50.9 Å². The summed E-state index contributed by atoms with van der Waals surface area (Å²) in [5.41, 5.74) is 2.65. The van der Waals surface area contributed by atoms with Crippen molar-refractivity contribution in [2.45, 2.75) is 40.2 Å². The molecule has 0 bridgehead atoms. The number of aryl methyl sites for hydroxylation is 2. The predicted octanol–water partition coefficient (Wildman–Crippen LogP) is 4.38. The lowest BCUT2D eigenvalue weighted by atomic mass is 9.95. The van der Waals surface area contributed by atoms with Gasteiger partial charge in [-0.3, -0.25) is 0 Å². The molecule has 2 rings (SSSR count). The Kier molecular flexibility index (Phi) is 4.78. The molecule has 4 heteroatoms. The largest absolute Gasteiger partial charge is 0.466 e. The topological polar surface area (TPSA) is 25.2 Å². The zero-order valence-corrected chi connectivity index (χ0v) is 12.9. The van der Waals surface area contributed by atoms with Crippen LogP contribution in [0.15, 0.2) is 22.6 Å². The van der Waals surface area contributed by atoms with Crippen LogP contribution in [0.4, 0.5) is 8.78 Å². The van der Waals surface area contributed by atoms with Crippen molar-refractivity contribution in [3.05, 3.63) is 58.0 Å². The number of nitrogens with one attached hydrogen (secondary N) is 1. The Bertz CT molecular complexity index is 634. The zero-order valence-electron chi connectivity index (χ0n) is 12.9. The second-order valence-corrected chi connectivity index (χ2v) is 5.30. The molecule has 0 fully saturated rings. The van der Waals surface area contributed by atoms with E-state index in [1.54, 1.807) is 0 Å². The number of halogens is 2. The molecule has 0 aliphatic heterocycles. The van der Waals surface area contributed by atoms with Crippen LogP contribution in [0.5, 0.6) is 0 Å². The third-order valence-electron chi connectivity index (χ3n) is 3.86. The maximum absolute atomic E-state index is 13.9. The summed E-state index contributed by atoms with van der Waals surface area (Å²) in [6, 6.07) is 3.68. The summed E-state index contributed by atoms with van der Waals surface area (Å²) in [6.45, 7) is 8.61. The van der Waals surface area contributed by atoms with Crippen LogP contribution in [0.2, 0.25) is 0 Å². The minimum absolute atomic E-state index is 0.0487. The Labute approximate surface area is 124 Å². The van der Waals surface area contributed by atoms with Gasteiger partial charge in [-0.2, -0.15) is 0 Å². The van der Waals surface area contributed by atoms with Crippen LogP contribution in [-0.2, 0) is 6.42 Å². The quantitative estimate of drug-likeness (QED) is 0.885. The fourth-order valence-corrected chi connectivity index (χ4v) is 2.75. The number of furan rings is 1. The Morgan fingerprint density at radius 2 is 1.86 bits per heavy atom. The van der Waals surface area contributed by atoms with Gasteiger partial charge in [-0.25, -0.2) is 8.78 Å². The Morgan fingerprint density at radius 1 is 1.14 bits per heavy atom. The van der Waals surface area contributed by atoms with Crippen LogP contribution in [0, 0.1) is 32.4 Å². The highest BCUT2D eigenvalue weighted by molar-refractivity contribution is 5.36. The van der Waals surface area contributed by atoms with Crippen LogP contribution in [0.1, 0.15) is 41.2 Å². The van der Waals surface area contributed by atoms with Crippen LogP contribution in [0.3, 0.4) is 0 Å². The molecule has 0 radical (unpaired) electrons. The monoisotopic (exact) mass is 293 g/mol. The molecule has 1 N–H and O–H groups in total. The summed E-state index contributed by atoms with van der Waals surface area (Å²) in [6.07, 6.45) is 0.459. The molecule has 0 aliphatic rings. The molecule has 0 saturated heterocycles. The van der Waals surface area contributed by atoms with Gasteiger partial charge < -0.3 is 9.73 Å². The second-order valence-electron chi connectivity index (χ2n) is 5.30. The molecular weight excluding hydrogens is 272 g/mol. The van der Waals surface area contributed by atoms with Crippen LogP contribution in [-0.4, -0.2) is 6.54 Å². The minimum Gasteiger partial charge on any atom is -0.466 e. The predicted molar refractivity (Wildman–Crippen MR) is 79.4 cm³/mol. The average Bonchev–Trinajstić information content (AvgIpc) is 2.66. The lowest BCUT2D eigenvalue weighted by Gasteiger charge is -2.19. The van der Waals surface area contributed by atoms with Gasteiger partial charge in [-0.1, -0.05) is 13.0 Å². The van der Waals surface area contributed by atoms with Crippen molar-refractivity contribution in [1.82, 2.24) is 5.32 Å². The van der Waals surface area contributed by atoms with E-state index in [1.807, 2.05) is 27.7 Å². The van der Waals surface area contributed by atoms with E-state index in [1.165, 1.54) is 12.1 Å². The Hall–Kier alpha value is -1.68. The number of hydrogen-bond acceptors (Lipinski definition) is 2. The van der Waals surface area contributed by atoms with Crippen molar-refractivity contribution in [2.75, 3.05) is 6.54 Å². The van der Waals surface area contributed by atoms with Gasteiger partial charge in [0.1, 0.15) is 23.2 Å². The molecule has 0 spiro atoms. The fraction of sp³-hybridized carbons (Fsp3) is 0.412. The first-order valence-electron chi connectivity index (χ1n) is 7.17. The molecule has 0 aliphatic carbocycles. The molecule has 2 nitrogen and oxygen atoms in total. The second kappa shape index (κ2) is 6.39. The minimum atomic E-state index is -0.553. The molecule has 1 aromatic carbocycles. The molecule has 1 atom stereocenters. The molecule has 0 saturated carbocycles. The third kappa shape index (κ3) is 3.32. The maximum atomic E-state index is 13.9. The summed E-state index contributed by atoms with van der Waals surface area (Å²) < 4.78 is 32.6. The van der Waals surface area contributed by atoms with Gasteiger partial charge in [0.25, 0.3) is 0 Å². The van der Waals surface area contributed by atoms with Gasteiger partial charge in [0, 0.05) is 17.7 Å². The molecule has 1 aromatic heterocycles. The van der Waals surface area contributed by atoms with Crippen molar-refractivity contribution < 1.29 is 13.2 Å². The highest BCUT2D eigenvalue weighted by Crippen LogP contribution is 2.30. The molecule has 114 valence electrons. The van der Waals surface area contributed by atoms with Crippen molar-refractivity contribution in [1.29, 1.82) is 0 Å². The van der Waals surface area contributed by atoms with E-state index in [9.17, 15) is 8.78 Å². The molecule has 1 unspecified atom stereocenters. The SMILES string of the molecule is CCNC(Cc1ccc(F)cc1F)c1c(C)oc(C)c1C. The first-order valence-corrected chi connectivity index (χ1v) is 7.17. The molecular formula is C17H21F2NO. The van der Waals surface area contributed by atoms with Crippen molar-refractivity contribution in [3.8, 4) is 0 Å². The van der Waals surface area contributed by atoms with Crippen molar-refractivity contribution in [2.24, 2.45) is 0 Å². The van der Waals surface area contributed by atoms with Crippen LogP contribution >= 0.6 is 0 Å². The maximum Gasteiger partial charge on any atom is 0.129 e. The summed E-state index contributed by atoms with van der Waals surface area (Å²) in [4.78, 5) is 0. The average molecular weight is 293 g/mol. The van der Waals surface area contributed by atoms with Gasteiger partial charge in [0.05, 0.1) is 0 Å². The lowest BCUT2D eigenvalue weighted by Crippen LogP contribution is -2.24. The van der Waals surface area contributed by atoms with E-state index in [0.717, 1.165) is 35.3 Å². The van der Waals surface area contributed by atoms with Crippen molar-refractivity contribution >= 4 is 0 Å². The summed E-state index contributed by atoms with van der Waals surface area (Å²) in [5.74, 6) is 0.666. The molecule has 1 heterocycles. The van der Waals surface area contributed by atoms with E-state index in [4.69, 9.17) is 4.42 Å². The Balaban J connectivity index is 2.35. The summed E-state index contributed by atoms with van der Waals surface area (Å²) in [7, 11) is 0. The Morgan fingerprint density at radius 3 is 2.38 bits per heavy atom. The highest BCUT2D eigenvalue weighted by atomic mass is 19.1. The van der Waals surface area contributed by atoms with Gasteiger partial charge in [-0.15, -0.1) is 0 Å². The number of likely N-dealkylation sites (N-methyl/N-ethyl adjacent to an activating group) is 1. The summed E-state index contributed by atoms with van der Waals surface area (Å²) in [5, 5.41) is 3.36. The van der Waals surface area contributed by atoms with Gasteiger partial charge in [0.2, 0.25) is 0 Å². The van der Waals surface area contributed by atoms with Crippen LogP contribution in [0.25, 0.3) is 0 Å². The van der Waals surface area contributed by atoms with E-state index >= 15 is 0 Å². The van der Waals surface area contributed by atoms with Gasteiger partial charge >= 0.3 is 0 Å². The fourth-order valence-electron chi connectivity index (χ4n) is 2.75. The van der Waals surface area contributed by atoms with Gasteiger partial charge in [0.15, 0.2) is 0 Å². The van der Waals surface area contributed by atoms with E-state index in [0.29, 0.717) is 12.0 Å². The smallest absolute Gasteiger partial charge is 0.129 e. The standard InChI is InChI=1S/C17H21F2NO/c1-5-20-16(17-10(2)11(3)21-12(17)4)8-13-6-7-14(18)9-15(13)19/h6-7,9,16,20H,5,8H2,1-4H3. The van der Waals surface area contributed by atoms with Crippen LogP contribution < -0.4 is 5.32 Å². The number of hydrogen-bond donors (Lipinski definition) is 1. The lowest BCUT2D eigenvalue weighted by molar-refractivity contribution is 0.480. The molecule has 2 aromatic rings. The highest BCUT2D eigenvalue weighted by Gasteiger charge is 2.22. The number of benzene rings is 1. The first-order chi connectivity index (χ1) is 9.93. The normalized spacial score (nSPS) is 12.7. The summed E-state index contributed by atoms with van der Waals surface area (Å²) >= 11 is 0. The van der Waals surface area contributed by atoms with E-state index in [-0.39, 0.29) is 6.04 Å². The molecule has 21 heavy (non-hydrogen) atoms. The number of rotatable bonds is 5. The van der Waals surface area contributed by atoms with E-state index < -0.39 is 11.6 Å². The van der Waals surface area contributed by atoms with Crippen molar-refractivity contribution in [3.63, 3.8) is 0 Å².